The van der Waals surface area contributed by atoms with E-state index in [1.54, 1.807) is 33.5 Å². The molecular formula is C31H50N6O10S2. The van der Waals surface area contributed by atoms with Crippen LogP contribution in [0, 0.1) is 0 Å². The van der Waals surface area contributed by atoms with Crippen molar-refractivity contribution in [2.24, 2.45) is 0 Å². The summed E-state index contributed by atoms with van der Waals surface area (Å²) < 4.78 is 0. The van der Waals surface area contributed by atoms with Gasteiger partial charge >= 0.3 is 0 Å². The molecule has 0 aromatic carbocycles. The number of nitrogens with zero attached hydrogens (tertiary/aromatic N) is 5. The molecule has 16 nitrogen and oxygen atoms in total. The molecule has 18 heteroatoms. The number of likely N-dealkylation sites (N-methyl/N-ethyl adjacent to an activating group) is 1. The molecule has 0 aliphatic carbocycles. The zero-order valence-corrected chi connectivity index (χ0v) is 29.6. The average Bonchev–Trinajstić information content (AvgIpc) is 3.88. The highest BCUT2D eigenvalue weighted by Crippen LogP contribution is 2.32. The maximum atomic E-state index is 14.1. The number of aliphatic hydroxyl groups is 5. The van der Waals surface area contributed by atoms with E-state index >= 15 is 0 Å². The van der Waals surface area contributed by atoms with E-state index in [2.05, 4.69) is 12.2 Å². The van der Waals surface area contributed by atoms with E-state index in [0.29, 0.717) is 18.8 Å². The Morgan fingerprint density at radius 3 is 1.31 bits per heavy atom. The highest BCUT2D eigenvalue weighted by Gasteiger charge is 2.52. The zero-order chi connectivity index (χ0) is 35.6. The number of likely N-dealkylation sites (tertiary alicyclic amines) is 5. The van der Waals surface area contributed by atoms with Crippen LogP contribution in [0.2, 0.25) is 0 Å². The maximum Gasteiger partial charge on any atom is 0.246 e. The molecule has 5 saturated heterocycles. The van der Waals surface area contributed by atoms with Crippen molar-refractivity contribution < 1.29 is 49.5 Å². The van der Waals surface area contributed by atoms with Gasteiger partial charge in [-0.3, -0.25) is 28.9 Å². The van der Waals surface area contributed by atoms with Gasteiger partial charge in [0.2, 0.25) is 29.5 Å². The van der Waals surface area contributed by atoms with Crippen LogP contribution in [0.25, 0.3) is 0 Å². The van der Waals surface area contributed by atoms with E-state index in [9.17, 15) is 49.5 Å². The largest absolute Gasteiger partial charge is 0.392 e. The van der Waals surface area contributed by atoms with Gasteiger partial charge in [-0.05, 0) is 19.9 Å². The minimum Gasteiger partial charge on any atom is -0.392 e. The molecule has 5 heterocycles. The maximum absolute atomic E-state index is 14.1. The van der Waals surface area contributed by atoms with Crippen molar-refractivity contribution in [3.8, 4) is 0 Å². The molecule has 5 fully saturated rings. The number of amides is 5. The lowest BCUT2D eigenvalue weighted by atomic mass is 10.1. The van der Waals surface area contributed by atoms with Gasteiger partial charge in [-0.15, -0.1) is 0 Å². The number of carbonyl (C=O) groups is 5. The first-order valence-electron chi connectivity index (χ1n) is 17.1. The summed E-state index contributed by atoms with van der Waals surface area (Å²) in [6.07, 6.45) is -3.75. The first-order chi connectivity index (χ1) is 23.3. The van der Waals surface area contributed by atoms with Crippen LogP contribution >= 0.6 is 21.6 Å². The van der Waals surface area contributed by atoms with E-state index in [4.69, 9.17) is 0 Å². The smallest absolute Gasteiger partial charge is 0.246 e. The predicted octanol–water partition coefficient (Wildman–Crippen LogP) is -3.19. The first-order valence-corrected chi connectivity index (χ1v) is 19.6. The second kappa shape index (κ2) is 16.4. The van der Waals surface area contributed by atoms with Crippen LogP contribution in [0.3, 0.4) is 0 Å². The normalized spacial score (nSPS) is 35.1. The van der Waals surface area contributed by atoms with Gasteiger partial charge in [0.25, 0.3) is 0 Å². The first kappa shape index (κ1) is 38.1. The third-order valence-electron chi connectivity index (χ3n) is 10.1. The molecular weight excluding hydrogens is 681 g/mol. The summed E-state index contributed by atoms with van der Waals surface area (Å²) in [6, 6.07) is -5.07. The molecule has 0 aromatic rings. The number of hydrogen-bond acceptors (Lipinski definition) is 13. The molecule has 49 heavy (non-hydrogen) atoms. The van der Waals surface area contributed by atoms with Crippen LogP contribution in [0.5, 0.6) is 0 Å². The predicted molar refractivity (Wildman–Crippen MR) is 180 cm³/mol. The fourth-order valence-corrected chi connectivity index (χ4v) is 9.79. The lowest BCUT2D eigenvalue weighted by molar-refractivity contribution is -0.153. The SMILES string of the molecule is CCCSSCCNC(=O)C1CC(O)CN1C(=O)C1CC(O)CN1C(=O)C1CC(O)CN1C(=O)C1CC(O)CN1C(=O)C1CC(O)CN1C. The van der Waals surface area contributed by atoms with Crippen LogP contribution in [-0.4, -0.2) is 198 Å². The standard InChI is InChI=1S/C31H50N6O10S2/c1-3-5-48-49-6-4-32-27(43)22-7-18(39)13-34(22)29(45)24-9-20(41)15-36(24)31(47)26-11-21(42)16-37(26)30(46)25-10-19(40)14-35(25)28(44)23-8-17(38)12-33(23)2/h17-26,38-42H,3-16H2,1-2H3,(H,32,43). The molecule has 5 aliphatic heterocycles. The van der Waals surface area contributed by atoms with Crippen molar-refractivity contribution in [2.45, 2.75) is 106 Å². The van der Waals surface area contributed by atoms with Gasteiger partial charge in [0, 0.05) is 76.5 Å². The summed E-state index contributed by atoms with van der Waals surface area (Å²) in [4.78, 5) is 75.3. The molecule has 276 valence electrons. The second-order valence-electron chi connectivity index (χ2n) is 13.9. The highest BCUT2D eigenvalue weighted by molar-refractivity contribution is 8.76. The van der Waals surface area contributed by atoms with Gasteiger partial charge in [-0.1, -0.05) is 28.5 Å². The summed E-state index contributed by atoms with van der Waals surface area (Å²) in [5.74, 6) is -1.02. The summed E-state index contributed by atoms with van der Waals surface area (Å²) in [5.41, 5.74) is 0. The minimum atomic E-state index is -1.19. The van der Waals surface area contributed by atoms with Crippen molar-refractivity contribution in [1.29, 1.82) is 0 Å². The molecule has 0 radical (unpaired) electrons. The fraction of sp³-hybridized carbons (Fsp3) is 0.839. The number of nitrogens with one attached hydrogen (secondary N) is 1. The van der Waals surface area contributed by atoms with Crippen LogP contribution in [0.15, 0.2) is 0 Å². The topological polar surface area (TPSA) is 215 Å². The lowest BCUT2D eigenvalue weighted by Gasteiger charge is -2.35. The monoisotopic (exact) mass is 730 g/mol. The average molecular weight is 731 g/mol. The quantitative estimate of drug-likeness (QED) is 0.0915. The van der Waals surface area contributed by atoms with Crippen molar-refractivity contribution >= 4 is 51.1 Å². The highest BCUT2D eigenvalue weighted by atomic mass is 33.1. The van der Waals surface area contributed by atoms with E-state index in [0.717, 1.165) is 12.2 Å². The summed E-state index contributed by atoms with van der Waals surface area (Å²) in [7, 11) is 5.04. The third kappa shape index (κ3) is 8.48. The Kier molecular flexibility index (Phi) is 12.8. The molecule has 10 atom stereocenters. The van der Waals surface area contributed by atoms with Gasteiger partial charge in [-0.2, -0.15) is 0 Å². The molecule has 0 aromatic heterocycles. The summed E-state index contributed by atoms with van der Waals surface area (Å²) in [6.45, 7) is 2.16. The molecule has 6 N–H and O–H groups in total. The van der Waals surface area contributed by atoms with Crippen LogP contribution < -0.4 is 5.32 Å². The molecule has 0 saturated carbocycles. The number of rotatable bonds is 11. The Bertz CT molecular complexity index is 1250. The van der Waals surface area contributed by atoms with Gasteiger partial charge in [0.05, 0.1) is 36.6 Å². The molecule has 5 amide bonds. The van der Waals surface area contributed by atoms with Crippen LogP contribution in [0.4, 0.5) is 0 Å². The van der Waals surface area contributed by atoms with Crippen molar-refractivity contribution in [3.63, 3.8) is 0 Å². The van der Waals surface area contributed by atoms with E-state index in [-0.39, 0.29) is 58.3 Å². The minimum absolute atomic E-state index is 0.0354. The molecule has 0 spiro atoms. The summed E-state index contributed by atoms with van der Waals surface area (Å²) >= 11 is 0. The number of carbonyl (C=O) groups excluding carboxylic acids is 5. The number of aliphatic hydroxyl groups excluding tert-OH is 5. The van der Waals surface area contributed by atoms with Crippen LogP contribution in [0.1, 0.15) is 45.4 Å². The molecule has 5 rings (SSSR count). The Labute approximate surface area is 293 Å². The molecule has 0 bridgehead atoms. The Morgan fingerprint density at radius 1 is 0.551 bits per heavy atom. The van der Waals surface area contributed by atoms with Gasteiger partial charge in [0.15, 0.2) is 0 Å². The Hall–Kier alpha value is -2.19. The second-order valence-corrected chi connectivity index (χ2v) is 16.6. The number of β-amino-alcohol motifs (C(OH)–C–C–N with tert-alkyl or cyclic N) is 5. The third-order valence-corrected chi connectivity index (χ3v) is 12.7. The van der Waals surface area contributed by atoms with Crippen molar-refractivity contribution in [2.75, 3.05) is 57.8 Å². The molecule has 10 unspecified atom stereocenters. The van der Waals surface area contributed by atoms with Crippen molar-refractivity contribution in [3.05, 3.63) is 0 Å². The van der Waals surface area contributed by atoms with E-state index in [1.807, 2.05) is 0 Å². The van der Waals surface area contributed by atoms with Gasteiger partial charge in [0.1, 0.15) is 24.2 Å². The summed E-state index contributed by atoms with van der Waals surface area (Å²) in [5, 5.41) is 55.1. The van der Waals surface area contributed by atoms with E-state index < -0.39 is 90.3 Å². The molecule has 5 aliphatic rings. The van der Waals surface area contributed by atoms with E-state index in [1.165, 1.54) is 19.6 Å². The van der Waals surface area contributed by atoms with Gasteiger partial charge in [-0.25, -0.2) is 0 Å². The van der Waals surface area contributed by atoms with Gasteiger partial charge < -0.3 is 50.4 Å². The Morgan fingerprint density at radius 2 is 0.898 bits per heavy atom. The fourth-order valence-electron chi connectivity index (χ4n) is 7.74. The lowest BCUT2D eigenvalue weighted by Crippen LogP contribution is -2.58. The van der Waals surface area contributed by atoms with Crippen molar-refractivity contribution in [1.82, 2.24) is 29.8 Å². The zero-order valence-electron chi connectivity index (χ0n) is 28.0. The van der Waals surface area contributed by atoms with Crippen LogP contribution in [-0.2, 0) is 24.0 Å². The number of hydrogen-bond donors (Lipinski definition) is 6. The Balaban J connectivity index is 1.27.